The van der Waals surface area contributed by atoms with Gasteiger partial charge in [0.25, 0.3) is 0 Å². The van der Waals surface area contributed by atoms with Gasteiger partial charge in [-0.15, -0.1) is 0 Å². The van der Waals surface area contributed by atoms with Crippen molar-refractivity contribution in [3.63, 3.8) is 0 Å². The van der Waals surface area contributed by atoms with Crippen LogP contribution in [0.5, 0.6) is 0 Å². The van der Waals surface area contributed by atoms with Gasteiger partial charge in [0, 0.05) is 5.56 Å². The Labute approximate surface area is 114 Å². The highest BCUT2D eigenvalue weighted by molar-refractivity contribution is 5.63. The minimum Gasteiger partial charge on any atom is -0.370 e. The van der Waals surface area contributed by atoms with Gasteiger partial charge in [-0.25, -0.2) is 0 Å². The van der Waals surface area contributed by atoms with E-state index in [1.165, 1.54) is 16.7 Å². The molecule has 1 saturated heterocycles. The highest BCUT2D eigenvalue weighted by atomic mass is 16.5. The molecule has 0 atom stereocenters. The van der Waals surface area contributed by atoms with E-state index < -0.39 is 0 Å². The van der Waals surface area contributed by atoms with Crippen molar-refractivity contribution in [1.82, 2.24) is 0 Å². The van der Waals surface area contributed by atoms with Crippen molar-refractivity contribution in [1.29, 1.82) is 0 Å². The molecule has 0 aliphatic carbocycles. The Morgan fingerprint density at radius 3 is 2.11 bits per heavy atom. The first-order valence-corrected chi connectivity index (χ1v) is 6.97. The second-order valence-electron chi connectivity index (χ2n) is 5.10. The highest BCUT2D eigenvalue weighted by Crippen LogP contribution is 2.18. The Morgan fingerprint density at radius 2 is 1.42 bits per heavy atom. The number of morpholine rings is 1. The van der Waals surface area contributed by atoms with Gasteiger partial charge < -0.3 is 9.64 Å². The van der Waals surface area contributed by atoms with Crippen molar-refractivity contribution in [2.75, 3.05) is 26.3 Å². The predicted octanol–water partition coefficient (Wildman–Crippen LogP) is 1.77. The molecule has 0 bridgehead atoms. The average Bonchev–Trinajstić information content (AvgIpc) is 2.50. The summed E-state index contributed by atoms with van der Waals surface area (Å²) in [4.78, 5) is 1.62. The van der Waals surface area contributed by atoms with Crippen molar-refractivity contribution in [3.05, 3.63) is 60.2 Å². The first kappa shape index (κ1) is 12.4. The summed E-state index contributed by atoms with van der Waals surface area (Å²) in [6.45, 7) is 5.16. The molecule has 0 unspecified atom stereocenters. The Kier molecular flexibility index (Phi) is 3.92. The van der Waals surface area contributed by atoms with Gasteiger partial charge in [0.15, 0.2) is 0 Å². The Balaban J connectivity index is 1.68. The van der Waals surface area contributed by atoms with Crippen molar-refractivity contribution < 1.29 is 9.64 Å². The van der Waals surface area contributed by atoms with E-state index in [0.717, 1.165) is 32.8 Å². The fraction of sp³-hybridized carbons (Fsp3) is 0.294. The molecule has 19 heavy (non-hydrogen) atoms. The molecule has 0 aromatic heterocycles. The molecule has 1 heterocycles. The predicted molar refractivity (Wildman–Crippen MR) is 77.1 cm³/mol. The fourth-order valence-electron chi connectivity index (χ4n) is 2.57. The maximum atomic E-state index is 5.39. The summed E-state index contributed by atoms with van der Waals surface area (Å²) in [7, 11) is 0. The molecule has 3 rings (SSSR count). The number of benzene rings is 2. The van der Waals surface area contributed by atoms with Crippen LogP contribution in [0.15, 0.2) is 54.6 Å². The van der Waals surface area contributed by atoms with Crippen LogP contribution in [-0.4, -0.2) is 26.3 Å². The Hall–Kier alpha value is -1.64. The molecule has 0 amide bonds. The molecule has 2 nitrogen and oxygen atoms in total. The van der Waals surface area contributed by atoms with Crippen LogP contribution in [0.4, 0.5) is 0 Å². The summed E-state index contributed by atoms with van der Waals surface area (Å²) < 4.78 is 5.39. The standard InChI is InChI=1S/C17H19NO/c1-2-4-16(5-3-1)17-8-6-15(7-9-17)14-18-10-12-19-13-11-18/h1-9H,10-14H2/p+1. The van der Waals surface area contributed by atoms with Crippen LogP contribution in [0.1, 0.15) is 5.56 Å². The zero-order valence-corrected chi connectivity index (χ0v) is 11.1. The number of hydrogen-bond donors (Lipinski definition) is 1. The van der Waals surface area contributed by atoms with E-state index in [9.17, 15) is 0 Å². The molecule has 1 aliphatic rings. The summed E-state index contributed by atoms with van der Waals surface area (Å²) in [6.07, 6.45) is 0. The summed E-state index contributed by atoms with van der Waals surface area (Å²) >= 11 is 0. The molecular weight excluding hydrogens is 234 g/mol. The summed E-state index contributed by atoms with van der Waals surface area (Å²) in [5, 5.41) is 0. The van der Waals surface area contributed by atoms with Crippen LogP contribution >= 0.6 is 0 Å². The summed E-state index contributed by atoms with van der Waals surface area (Å²) in [6, 6.07) is 19.5. The topological polar surface area (TPSA) is 13.7 Å². The van der Waals surface area contributed by atoms with E-state index in [1.807, 2.05) is 0 Å². The third-order valence-corrected chi connectivity index (χ3v) is 3.72. The highest BCUT2D eigenvalue weighted by Gasteiger charge is 2.13. The van der Waals surface area contributed by atoms with Crippen LogP contribution in [-0.2, 0) is 11.3 Å². The molecule has 1 N–H and O–H groups in total. The van der Waals surface area contributed by atoms with Crippen LogP contribution < -0.4 is 4.90 Å². The van der Waals surface area contributed by atoms with Crippen molar-refractivity contribution in [2.45, 2.75) is 6.54 Å². The van der Waals surface area contributed by atoms with Crippen molar-refractivity contribution in [3.8, 4) is 11.1 Å². The zero-order valence-electron chi connectivity index (χ0n) is 11.1. The molecule has 0 spiro atoms. The fourth-order valence-corrected chi connectivity index (χ4v) is 2.57. The lowest BCUT2D eigenvalue weighted by Crippen LogP contribution is -3.12. The van der Waals surface area contributed by atoms with Gasteiger partial charge in [0.2, 0.25) is 0 Å². The largest absolute Gasteiger partial charge is 0.370 e. The van der Waals surface area contributed by atoms with Gasteiger partial charge >= 0.3 is 0 Å². The number of quaternary nitrogens is 1. The monoisotopic (exact) mass is 254 g/mol. The average molecular weight is 254 g/mol. The second-order valence-corrected chi connectivity index (χ2v) is 5.10. The lowest BCUT2D eigenvalue weighted by Gasteiger charge is -2.23. The Bertz CT molecular complexity index is 501. The first-order valence-electron chi connectivity index (χ1n) is 6.97. The van der Waals surface area contributed by atoms with Gasteiger partial charge in [-0.05, 0) is 11.1 Å². The van der Waals surface area contributed by atoms with Gasteiger partial charge in [-0.2, -0.15) is 0 Å². The SMILES string of the molecule is c1ccc(-c2ccc(C[NH+]3CCOCC3)cc2)cc1. The van der Waals surface area contributed by atoms with Crippen LogP contribution in [0.3, 0.4) is 0 Å². The number of hydrogen-bond acceptors (Lipinski definition) is 1. The normalized spacial score (nSPS) is 16.4. The zero-order chi connectivity index (χ0) is 12.9. The van der Waals surface area contributed by atoms with E-state index in [1.54, 1.807) is 4.90 Å². The maximum absolute atomic E-state index is 5.39. The molecule has 98 valence electrons. The molecule has 0 radical (unpaired) electrons. The molecule has 1 fully saturated rings. The second kappa shape index (κ2) is 6.00. The third kappa shape index (κ3) is 3.22. The smallest absolute Gasteiger partial charge is 0.103 e. The van der Waals surface area contributed by atoms with Crippen LogP contribution in [0.2, 0.25) is 0 Å². The molecule has 2 heteroatoms. The molecule has 2 aromatic rings. The van der Waals surface area contributed by atoms with Crippen LogP contribution in [0, 0.1) is 0 Å². The molecular formula is C17H20NO+. The summed E-state index contributed by atoms with van der Waals surface area (Å²) in [5.41, 5.74) is 3.99. The Morgan fingerprint density at radius 1 is 0.789 bits per heavy atom. The van der Waals surface area contributed by atoms with Crippen molar-refractivity contribution in [2.24, 2.45) is 0 Å². The first-order chi connectivity index (χ1) is 9.42. The molecule has 0 saturated carbocycles. The van der Waals surface area contributed by atoms with Gasteiger partial charge in [0.1, 0.15) is 19.6 Å². The number of nitrogens with one attached hydrogen (secondary N) is 1. The third-order valence-electron chi connectivity index (χ3n) is 3.72. The molecule has 1 aliphatic heterocycles. The minimum absolute atomic E-state index is 0.900. The van der Waals surface area contributed by atoms with E-state index in [0.29, 0.717) is 0 Å². The maximum Gasteiger partial charge on any atom is 0.103 e. The lowest BCUT2D eigenvalue weighted by atomic mass is 10.0. The van der Waals surface area contributed by atoms with Crippen LogP contribution in [0.25, 0.3) is 11.1 Å². The van der Waals surface area contributed by atoms with E-state index in [4.69, 9.17) is 4.74 Å². The molecule has 2 aromatic carbocycles. The number of ether oxygens (including phenoxy) is 1. The summed E-state index contributed by atoms with van der Waals surface area (Å²) in [5.74, 6) is 0. The van der Waals surface area contributed by atoms with E-state index >= 15 is 0 Å². The number of rotatable bonds is 3. The lowest BCUT2D eigenvalue weighted by molar-refractivity contribution is -0.921. The quantitative estimate of drug-likeness (QED) is 0.881. The van der Waals surface area contributed by atoms with E-state index in [-0.39, 0.29) is 0 Å². The minimum atomic E-state index is 0.900. The van der Waals surface area contributed by atoms with E-state index in [2.05, 4.69) is 54.6 Å². The van der Waals surface area contributed by atoms with Gasteiger partial charge in [-0.3, -0.25) is 0 Å². The van der Waals surface area contributed by atoms with Crippen molar-refractivity contribution >= 4 is 0 Å². The van der Waals surface area contributed by atoms with Gasteiger partial charge in [0.05, 0.1) is 13.2 Å². The van der Waals surface area contributed by atoms with Gasteiger partial charge in [-0.1, -0.05) is 54.6 Å².